The molecule has 126 valence electrons. The van der Waals surface area contributed by atoms with Crippen molar-refractivity contribution in [3.8, 4) is 0 Å². The third kappa shape index (κ3) is 4.18. The minimum atomic E-state index is 0.0546. The number of likely N-dealkylation sites (tertiary alicyclic amines) is 1. The highest BCUT2D eigenvalue weighted by molar-refractivity contribution is 5.90. The molecule has 2 saturated heterocycles. The van der Waals surface area contributed by atoms with Crippen LogP contribution in [-0.2, 0) is 0 Å². The van der Waals surface area contributed by atoms with Gasteiger partial charge in [-0.2, -0.15) is 0 Å². The van der Waals surface area contributed by atoms with Gasteiger partial charge in [0.25, 0.3) is 0 Å². The average molecular weight is 315 g/mol. The Morgan fingerprint density at radius 2 is 2.00 bits per heavy atom. The van der Waals surface area contributed by atoms with Gasteiger partial charge >= 0.3 is 6.03 Å². The van der Waals surface area contributed by atoms with Gasteiger partial charge in [-0.15, -0.1) is 0 Å². The highest BCUT2D eigenvalue weighted by atomic mass is 16.2. The van der Waals surface area contributed by atoms with Gasteiger partial charge in [0.1, 0.15) is 0 Å². The van der Waals surface area contributed by atoms with Crippen LogP contribution in [0, 0.1) is 5.92 Å². The number of nitrogens with zero attached hydrogens (tertiary/aromatic N) is 2. The molecule has 2 aliphatic rings. The molecule has 1 N–H and O–H groups in total. The number of amides is 2. The van der Waals surface area contributed by atoms with Crippen LogP contribution in [0.2, 0.25) is 0 Å². The van der Waals surface area contributed by atoms with Crippen molar-refractivity contribution < 1.29 is 4.79 Å². The first-order chi connectivity index (χ1) is 11.3. The molecule has 1 unspecified atom stereocenters. The van der Waals surface area contributed by atoms with E-state index in [0.717, 1.165) is 44.7 Å². The van der Waals surface area contributed by atoms with Crippen LogP contribution >= 0.6 is 0 Å². The van der Waals surface area contributed by atoms with E-state index in [2.05, 4.69) is 29.3 Å². The number of piperidine rings is 2. The maximum absolute atomic E-state index is 12.5. The predicted molar refractivity (Wildman–Crippen MR) is 96.1 cm³/mol. The van der Waals surface area contributed by atoms with Crippen molar-refractivity contribution in [1.82, 2.24) is 4.90 Å². The Morgan fingerprint density at radius 1 is 1.17 bits per heavy atom. The highest BCUT2D eigenvalue weighted by Gasteiger charge is 2.22. The van der Waals surface area contributed by atoms with Crippen LogP contribution < -0.4 is 10.2 Å². The minimum absolute atomic E-state index is 0.0546. The first kappa shape index (κ1) is 16.2. The van der Waals surface area contributed by atoms with Crippen molar-refractivity contribution in [1.29, 1.82) is 0 Å². The van der Waals surface area contributed by atoms with Crippen molar-refractivity contribution in [3.63, 3.8) is 0 Å². The quantitative estimate of drug-likeness (QED) is 0.901. The van der Waals surface area contributed by atoms with Gasteiger partial charge in [0.2, 0.25) is 0 Å². The normalized spacial score (nSPS) is 22.0. The van der Waals surface area contributed by atoms with Crippen molar-refractivity contribution in [3.05, 3.63) is 24.3 Å². The van der Waals surface area contributed by atoms with E-state index in [4.69, 9.17) is 0 Å². The molecule has 4 nitrogen and oxygen atoms in total. The minimum Gasteiger partial charge on any atom is -0.371 e. The molecule has 0 spiro atoms. The maximum atomic E-state index is 12.5. The second-order valence-corrected chi connectivity index (χ2v) is 6.89. The lowest BCUT2D eigenvalue weighted by Crippen LogP contribution is -2.42. The fraction of sp³-hybridized carbons (Fsp3) is 0.632. The molecule has 1 aromatic rings. The fourth-order valence-corrected chi connectivity index (χ4v) is 3.72. The summed E-state index contributed by atoms with van der Waals surface area (Å²) in [4.78, 5) is 16.9. The second-order valence-electron chi connectivity index (χ2n) is 6.89. The number of nitrogens with one attached hydrogen (secondary N) is 1. The van der Waals surface area contributed by atoms with Crippen LogP contribution in [0.3, 0.4) is 0 Å². The molecule has 1 atom stereocenters. The lowest BCUT2D eigenvalue weighted by molar-refractivity contribution is 0.176. The smallest absolute Gasteiger partial charge is 0.321 e. The van der Waals surface area contributed by atoms with Crippen LogP contribution in [0.5, 0.6) is 0 Å². The number of carbonyl (C=O) groups excluding carboxylic acids is 1. The molecular formula is C19H29N3O. The SMILES string of the molecule is CCC1CCCN(C(=O)Nc2cccc(N3CCCCC3)c2)C1. The topological polar surface area (TPSA) is 35.6 Å². The standard InChI is InChI=1S/C19H29N3O/c1-2-16-8-7-13-22(15-16)19(23)20-17-9-6-10-18(14-17)21-11-4-3-5-12-21/h6,9-10,14,16H,2-5,7-8,11-13,15H2,1H3,(H,20,23). The molecule has 2 aliphatic heterocycles. The van der Waals surface area contributed by atoms with Crippen molar-refractivity contribution in [2.75, 3.05) is 36.4 Å². The van der Waals surface area contributed by atoms with Crippen molar-refractivity contribution in [2.24, 2.45) is 5.92 Å². The number of anilines is 2. The summed E-state index contributed by atoms with van der Waals surface area (Å²) in [5, 5.41) is 3.10. The van der Waals surface area contributed by atoms with Crippen LogP contribution in [0.15, 0.2) is 24.3 Å². The molecule has 0 bridgehead atoms. The van der Waals surface area contributed by atoms with E-state index in [0.29, 0.717) is 5.92 Å². The molecule has 23 heavy (non-hydrogen) atoms. The van der Waals surface area contributed by atoms with Crippen LogP contribution in [0.4, 0.5) is 16.2 Å². The second kappa shape index (κ2) is 7.71. The molecule has 2 heterocycles. The summed E-state index contributed by atoms with van der Waals surface area (Å²) in [6.07, 6.45) is 7.41. The van der Waals surface area contributed by atoms with Crippen LogP contribution in [-0.4, -0.2) is 37.1 Å². The fourth-order valence-electron chi connectivity index (χ4n) is 3.72. The molecule has 3 rings (SSSR count). The first-order valence-corrected chi connectivity index (χ1v) is 9.17. The zero-order valence-corrected chi connectivity index (χ0v) is 14.3. The average Bonchev–Trinajstić information content (AvgIpc) is 2.63. The number of rotatable bonds is 3. The third-order valence-corrected chi connectivity index (χ3v) is 5.20. The summed E-state index contributed by atoms with van der Waals surface area (Å²) in [5.41, 5.74) is 2.14. The summed E-state index contributed by atoms with van der Waals surface area (Å²) >= 11 is 0. The first-order valence-electron chi connectivity index (χ1n) is 9.17. The molecule has 1 aromatic carbocycles. The van der Waals surface area contributed by atoms with Gasteiger partial charge in [-0.1, -0.05) is 19.4 Å². The number of benzene rings is 1. The molecular weight excluding hydrogens is 286 g/mol. The van der Waals surface area contributed by atoms with E-state index in [1.165, 1.54) is 31.4 Å². The summed E-state index contributed by atoms with van der Waals surface area (Å²) in [6, 6.07) is 8.36. The number of hydrogen-bond donors (Lipinski definition) is 1. The lowest BCUT2D eigenvalue weighted by Gasteiger charge is -2.32. The summed E-state index contributed by atoms with van der Waals surface area (Å²) in [6.45, 7) is 6.25. The van der Waals surface area contributed by atoms with E-state index in [9.17, 15) is 4.79 Å². The Balaban J connectivity index is 1.61. The van der Waals surface area contributed by atoms with E-state index in [1.54, 1.807) is 0 Å². The monoisotopic (exact) mass is 315 g/mol. The third-order valence-electron chi connectivity index (χ3n) is 5.20. The molecule has 0 aliphatic carbocycles. The van der Waals surface area contributed by atoms with E-state index < -0.39 is 0 Å². The number of urea groups is 1. The van der Waals surface area contributed by atoms with Crippen LogP contribution in [0.1, 0.15) is 45.4 Å². The summed E-state index contributed by atoms with van der Waals surface area (Å²) in [7, 11) is 0. The van der Waals surface area contributed by atoms with Gasteiger partial charge in [0.15, 0.2) is 0 Å². The van der Waals surface area contributed by atoms with E-state index in [-0.39, 0.29) is 6.03 Å². The van der Waals surface area contributed by atoms with Gasteiger partial charge in [0, 0.05) is 37.6 Å². The van der Waals surface area contributed by atoms with Gasteiger partial charge in [-0.05, 0) is 56.2 Å². The van der Waals surface area contributed by atoms with Crippen molar-refractivity contribution in [2.45, 2.75) is 45.4 Å². The van der Waals surface area contributed by atoms with Gasteiger partial charge in [0.05, 0.1) is 0 Å². The number of carbonyl (C=O) groups is 1. The molecule has 0 saturated carbocycles. The van der Waals surface area contributed by atoms with Gasteiger partial charge < -0.3 is 15.1 Å². The Kier molecular flexibility index (Phi) is 5.42. The lowest BCUT2D eigenvalue weighted by atomic mass is 9.96. The molecule has 2 fully saturated rings. The molecule has 2 amide bonds. The zero-order chi connectivity index (χ0) is 16.1. The number of hydrogen-bond acceptors (Lipinski definition) is 2. The Labute approximate surface area is 139 Å². The van der Waals surface area contributed by atoms with Crippen LogP contribution in [0.25, 0.3) is 0 Å². The Bertz CT molecular complexity index is 525. The summed E-state index contributed by atoms with van der Waals surface area (Å²) < 4.78 is 0. The highest BCUT2D eigenvalue weighted by Crippen LogP contribution is 2.24. The summed E-state index contributed by atoms with van der Waals surface area (Å²) in [5.74, 6) is 0.661. The Morgan fingerprint density at radius 3 is 2.78 bits per heavy atom. The van der Waals surface area contributed by atoms with Gasteiger partial charge in [-0.3, -0.25) is 0 Å². The molecule has 0 radical (unpaired) electrons. The largest absolute Gasteiger partial charge is 0.371 e. The predicted octanol–water partition coefficient (Wildman–Crippen LogP) is 4.33. The van der Waals surface area contributed by atoms with Gasteiger partial charge in [-0.25, -0.2) is 4.79 Å². The molecule has 0 aromatic heterocycles. The van der Waals surface area contributed by atoms with E-state index in [1.807, 2.05) is 17.0 Å². The maximum Gasteiger partial charge on any atom is 0.321 e. The Hall–Kier alpha value is -1.71. The zero-order valence-electron chi connectivity index (χ0n) is 14.3. The molecule has 4 heteroatoms. The van der Waals surface area contributed by atoms with Crippen molar-refractivity contribution >= 4 is 17.4 Å². The van der Waals surface area contributed by atoms with E-state index >= 15 is 0 Å².